The fourth-order valence-electron chi connectivity index (χ4n) is 2.57. The minimum absolute atomic E-state index is 0.184. The Labute approximate surface area is 122 Å². The van der Waals surface area contributed by atoms with Gasteiger partial charge in [0.05, 0.1) is 6.04 Å². The van der Waals surface area contributed by atoms with Crippen LogP contribution in [0.15, 0.2) is 36.4 Å². The number of fused-ring (bicyclic) bond motifs is 1. The Morgan fingerprint density at radius 1 is 1.30 bits per heavy atom. The fourth-order valence-corrected chi connectivity index (χ4v) is 2.73. The van der Waals surface area contributed by atoms with Crippen molar-refractivity contribution in [2.24, 2.45) is 5.73 Å². The zero-order chi connectivity index (χ0) is 14.3. The molecular weight excluding hydrogens is 277 g/mol. The molecule has 0 radical (unpaired) electrons. The fraction of sp³-hybridized carbons (Fsp3) is 0.250. The predicted molar refractivity (Wildman–Crippen MR) is 77.7 cm³/mol. The molecule has 1 aliphatic rings. The third kappa shape index (κ3) is 2.39. The molecule has 2 atom stereocenters. The Morgan fingerprint density at radius 3 is 2.85 bits per heavy atom. The van der Waals surface area contributed by atoms with Crippen molar-refractivity contribution < 1.29 is 9.13 Å². The molecule has 2 unspecified atom stereocenters. The van der Waals surface area contributed by atoms with Gasteiger partial charge < -0.3 is 10.5 Å². The van der Waals surface area contributed by atoms with E-state index in [0.717, 1.165) is 23.3 Å². The van der Waals surface area contributed by atoms with E-state index in [1.165, 1.54) is 6.07 Å². The molecule has 0 aromatic heterocycles. The van der Waals surface area contributed by atoms with Crippen LogP contribution < -0.4 is 10.5 Å². The summed E-state index contributed by atoms with van der Waals surface area (Å²) < 4.78 is 19.6. The lowest BCUT2D eigenvalue weighted by Crippen LogP contribution is -2.13. The van der Waals surface area contributed by atoms with Crippen LogP contribution in [0.3, 0.4) is 0 Å². The van der Waals surface area contributed by atoms with E-state index in [1.807, 2.05) is 25.1 Å². The topological polar surface area (TPSA) is 35.2 Å². The lowest BCUT2D eigenvalue weighted by Gasteiger charge is -2.14. The molecule has 0 bridgehead atoms. The van der Waals surface area contributed by atoms with Crippen molar-refractivity contribution in [1.82, 2.24) is 0 Å². The molecule has 104 valence electrons. The van der Waals surface area contributed by atoms with Crippen molar-refractivity contribution in [2.45, 2.75) is 25.5 Å². The molecule has 0 fully saturated rings. The zero-order valence-electron chi connectivity index (χ0n) is 11.1. The maximum absolute atomic E-state index is 13.9. The van der Waals surface area contributed by atoms with Gasteiger partial charge in [-0.1, -0.05) is 29.8 Å². The van der Waals surface area contributed by atoms with Crippen molar-refractivity contribution in [3.05, 3.63) is 63.9 Å². The van der Waals surface area contributed by atoms with Crippen molar-refractivity contribution in [3.63, 3.8) is 0 Å². The van der Waals surface area contributed by atoms with E-state index in [9.17, 15) is 4.39 Å². The van der Waals surface area contributed by atoms with Gasteiger partial charge in [0.25, 0.3) is 0 Å². The molecular formula is C16H15ClFNO. The average molecular weight is 292 g/mol. The van der Waals surface area contributed by atoms with Crippen molar-refractivity contribution >= 4 is 11.6 Å². The first-order chi connectivity index (χ1) is 9.54. The van der Waals surface area contributed by atoms with Gasteiger partial charge in [0.2, 0.25) is 0 Å². The third-order valence-corrected chi connectivity index (χ3v) is 3.81. The molecule has 3 rings (SSSR count). The zero-order valence-corrected chi connectivity index (χ0v) is 11.8. The minimum atomic E-state index is -0.506. The maximum Gasteiger partial charge on any atom is 0.129 e. The van der Waals surface area contributed by atoms with Gasteiger partial charge in [-0.15, -0.1) is 0 Å². The molecule has 2 N–H and O–H groups in total. The van der Waals surface area contributed by atoms with Crippen LogP contribution in [0.25, 0.3) is 0 Å². The van der Waals surface area contributed by atoms with Crippen molar-refractivity contribution in [1.29, 1.82) is 0 Å². The van der Waals surface area contributed by atoms with Crippen molar-refractivity contribution in [2.75, 3.05) is 0 Å². The van der Waals surface area contributed by atoms with E-state index >= 15 is 0 Å². The maximum atomic E-state index is 13.9. The number of halogens is 2. The highest BCUT2D eigenvalue weighted by atomic mass is 35.5. The van der Waals surface area contributed by atoms with E-state index in [1.54, 1.807) is 12.1 Å². The standard InChI is InChI=1S/C16H15ClFNO/c1-9-6-11-7-10(2-5-15(11)20-9)16(19)13-4-3-12(17)8-14(13)18/h2-5,7-9,16H,6,19H2,1H3. The molecule has 1 heterocycles. The summed E-state index contributed by atoms with van der Waals surface area (Å²) in [6.45, 7) is 2.03. The quantitative estimate of drug-likeness (QED) is 0.912. The monoisotopic (exact) mass is 291 g/mol. The van der Waals surface area contributed by atoms with Crippen LogP contribution in [0, 0.1) is 5.82 Å². The molecule has 0 amide bonds. The van der Waals surface area contributed by atoms with E-state index < -0.39 is 6.04 Å². The molecule has 0 saturated carbocycles. The predicted octanol–water partition coefficient (Wildman–Crippen LogP) is 3.85. The summed E-state index contributed by atoms with van der Waals surface area (Å²) in [5.41, 5.74) is 8.62. The van der Waals surface area contributed by atoms with Crippen LogP contribution >= 0.6 is 11.6 Å². The molecule has 0 spiro atoms. The summed E-state index contributed by atoms with van der Waals surface area (Å²) in [6.07, 6.45) is 1.04. The SMILES string of the molecule is CC1Cc2cc(C(N)c3ccc(Cl)cc3F)ccc2O1. The van der Waals surface area contributed by atoms with Gasteiger partial charge in [0.15, 0.2) is 0 Å². The van der Waals surface area contributed by atoms with Gasteiger partial charge in [-0.2, -0.15) is 0 Å². The Hall–Kier alpha value is -1.58. The summed E-state index contributed by atoms with van der Waals surface area (Å²) in [4.78, 5) is 0. The molecule has 2 aromatic rings. The Morgan fingerprint density at radius 2 is 2.10 bits per heavy atom. The minimum Gasteiger partial charge on any atom is -0.490 e. The summed E-state index contributed by atoms with van der Waals surface area (Å²) in [5.74, 6) is 0.514. The van der Waals surface area contributed by atoms with E-state index in [-0.39, 0.29) is 11.9 Å². The van der Waals surface area contributed by atoms with E-state index in [4.69, 9.17) is 22.1 Å². The van der Waals surface area contributed by atoms with Crippen LogP contribution in [-0.4, -0.2) is 6.10 Å². The second kappa shape index (κ2) is 5.08. The Kier molecular flexibility index (Phi) is 3.40. The number of benzene rings is 2. The number of hydrogen-bond acceptors (Lipinski definition) is 2. The molecule has 4 heteroatoms. The average Bonchev–Trinajstić information content (AvgIpc) is 2.77. The van der Waals surface area contributed by atoms with Gasteiger partial charge in [-0.3, -0.25) is 0 Å². The third-order valence-electron chi connectivity index (χ3n) is 3.58. The molecule has 2 nitrogen and oxygen atoms in total. The normalized spacial score (nSPS) is 18.5. The lowest BCUT2D eigenvalue weighted by molar-refractivity contribution is 0.254. The molecule has 20 heavy (non-hydrogen) atoms. The number of hydrogen-bond donors (Lipinski definition) is 1. The van der Waals surface area contributed by atoms with E-state index in [0.29, 0.717) is 10.6 Å². The first-order valence-electron chi connectivity index (χ1n) is 6.54. The summed E-state index contributed by atoms with van der Waals surface area (Å²) in [5, 5.41) is 0.370. The number of nitrogens with two attached hydrogens (primary N) is 1. The van der Waals surface area contributed by atoms with Gasteiger partial charge in [0.1, 0.15) is 17.7 Å². The first kappa shape index (κ1) is 13.4. The van der Waals surface area contributed by atoms with Gasteiger partial charge >= 0.3 is 0 Å². The second-order valence-corrected chi connectivity index (χ2v) is 5.58. The lowest BCUT2D eigenvalue weighted by atomic mass is 9.96. The first-order valence-corrected chi connectivity index (χ1v) is 6.92. The molecule has 1 aliphatic heterocycles. The van der Waals surface area contributed by atoms with Gasteiger partial charge in [0, 0.05) is 17.0 Å². The molecule has 2 aromatic carbocycles. The highest BCUT2D eigenvalue weighted by Gasteiger charge is 2.21. The highest BCUT2D eigenvalue weighted by Crippen LogP contribution is 2.32. The van der Waals surface area contributed by atoms with Crippen LogP contribution in [0.1, 0.15) is 29.7 Å². The Bertz CT molecular complexity index is 659. The van der Waals surface area contributed by atoms with E-state index in [2.05, 4.69) is 0 Å². The van der Waals surface area contributed by atoms with Gasteiger partial charge in [-0.25, -0.2) is 4.39 Å². The van der Waals surface area contributed by atoms with Crippen LogP contribution in [0.2, 0.25) is 5.02 Å². The molecule has 0 saturated heterocycles. The summed E-state index contributed by atoms with van der Waals surface area (Å²) >= 11 is 5.76. The Balaban J connectivity index is 1.95. The molecule has 0 aliphatic carbocycles. The van der Waals surface area contributed by atoms with Crippen molar-refractivity contribution in [3.8, 4) is 5.75 Å². The van der Waals surface area contributed by atoms with Crippen LogP contribution in [0.5, 0.6) is 5.75 Å². The van der Waals surface area contributed by atoms with Crippen LogP contribution in [-0.2, 0) is 6.42 Å². The van der Waals surface area contributed by atoms with Crippen LogP contribution in [0.4, 0.5) is 4.39 Å². The highest BCUT2D eigenvalue weighted by molar-refractivity contribution is 6.30. The largest absolute Gasteiger partial charge is 0.490 e. The smallest absolute Gasteiger partial charge is 0.129 e. The van der Waals surface area contributed by atoms with Gasteiger partial charge in [-0.05, 0) is 36.2 Å². The number of ether oxygens (including phenoxy) is 1. The summed E-state index contributed by atoms with van der Waals surface area (Å²) in [6, 6.07) is 9.85. The summed E-state index contributed by atoms with van der Waals surface area (Å²) in [7, 11) is 0. The number of rotatable bonds is 2. The second-order valence-electron chi connectivity index (χ2n) is 5.14.